The van der Waals surface area contributed by atoms with Crippen molar-refractivity contribution in [2.75, 3.05) is 45.4 Å². The van der Waals surface area contributed by atoms with Gasteiger partial charge in [0.2, 0.25) is 0 Å². The lowest BCUT2D eigenvalue weighted by atomic mass is 10.2. The molecule has 0 saturated heterocycles. The van der Waals surface area contributed by atoms with Crippen molar-refractivity contribution in [2.24, 2.45) is 7.05 Å². The first-order chi connectivity index (χ1) is 10.2. The van der Waals surface area contributed by atoms with Crippen LogP contribution >= 0.6 is 0 Å². The van der Waals surface area contributed by atoms with Crippen molar-refractivity contribution in [2.45, 2.75) is 32.4 Å². The lowest BCUT2D eigenvalue weighted by Crippen LogP contribution is -2.32. The molecule has 0 aromatic carbocycles. The summed E-state index contributed by atoms with van der Waals surface area (Å²) in [5.41, 5.74) is 2.39. The summed E-state index contributed by atoms with van der Waals surface area (Å²) in [5, 5.41) is 8.04. The summed E-state index contributed by atoms with van der Waals surface area (Å²) in [5.74, 6) is 1.23. The molecular formula is C15H28N4O2. The molecule has 21 heavy (non-hydrogen) atoms. The van der Waals surface area contributed by atoms with E-state index in [4.69, 9.17) is 9.47 Å². The Morgan fingerprint density at radius 1 is 1.29 bits per heavy atom. The maximum Gasteiger partial charge on any atom is 0.131 e. The molecule has 2 rings (SSSR count). The van der Waals surface area contributed by atoms with Crippen molar-refractivity contribution in [3.8, 4) is 0 Å². The highest BCUT2D eigenvalue weighted by Crippen LogP contribution is 2.34. The molecule has 0 radical (unpaired) electrons. The van der Waals surface area contributed by atoms with E-state index in [9.17, 15) is 0 Å². The fourth-order valence-electron chi connectivity index (χ4n) is 2.68. The maximum absolute atomic E-state index is 5.27. The van der Waals surface area contributed by atoms with Crippen LogP contribution in [-0.4, -0.2) is 56.3 Å². The second kappa shape index (κ2) is 7.77. The lowest BCUT2D eigenvalue weighted by Gasteiger charge is -2.25. The van der Waals surface area contributed by atoms with E-state index in [1.165, 1.54) is 24.2 Å². The molecule has 1 saturated carbocycles. The number of ether oxygens (including phenoxy) is 2. The van der Waals surface area contributed by atoms with E-state index in [0.29, 0.717) is 6.04 Å². The van der Waals surface area contributed by atoms with Crippen molar-refractivity contribution in [3.63, 3.8) is 0 Å². The van der Waals surface area contributed by atoms with Crippen LogP contribution in [0.1, 0.15) is 24.1 Å². The molecule has 0 amide bonds. The first-order valence-electron chi connectivity index (χ1n) is 7.66. The standard InChI is InChI=1S/C15H28N4O2/c1-12-14(11-16-7-9-20-3)15(18(2)17-12)19(8-10-21-4)13-5-6-13/h13,16H,5-11H2,1-4H3. The van der Waals surface area contributed by atoms with Gasteiger partial charge in [0.15, 0.2) is 0 Å². The lowest BCUT2D eigenvalue weighted by molar-refractivity contribution is 0.199. The topological polar surface area (TPSA) is 51.5 Å². The Kier molecular flexibility index (Phi) is 6.02. The van der Waals surface area contributed by atoms with E-state index in [-0.39, 0.29) is 0 Å². The zero-order valence-corrected chi connectivity index (χ0v) is 13.7. The number of nitrogens with one attached hydrogen (secondary N) is 1. The average molecular weight is 296 g/mol. The minimum Gasteiger partial charge on any atom is -0.383 e. The summed E-state index contributed by atoms with van der Waals surface area (Å²) in [6, 6.07) is 0.646. The summed E-state index contributed by atoms with van der Waals surface area (Å²) in [6.45, 7) is 6.16. The Balaban J connectivity index is 2.11. The fraction of sp³-hybridized carbons (Fsp3) is 0.800. The normalized spacial score (nSPS) is 14.7. The van der Waals surface area contributed by atoms with Crippen molar-refractivity contribution >= 4 is 5.82 Å². The van der Waals surface area contributed by atoms with Crippen LogP contribution in [0.4, 0.5) is 5.82 Å². The minimum atomic E-state index is 0.646. The van der Waals surface area contributed by atoms with Crippen molar-refractivity contribution in [1.82, 2.24) is 15.1 Å². The van der Waals surface area contributed by atoms with Gasteiger partial charge in [0.25, 0.3) is 0 Å². The van der Waals surface area contributed by atoms with E-state index in [1.54, 1.807) is 14.2 Å². The summed E-state index contributed by atoms with van der Waals surface area (Å²) >= 11 is 0. The molecule has 1 heterocycles. The van der Waals surface area contributed by atoms with Gasteiger partial charge in [-0.25, -0.2) is 0 Å². The predicted octanol–water partition coefficient (Wildman–Crippen LogP) is 1.08. The molecule has 120 valence electrons. The smallest absolute Gasteiger partial charge is 0.131 e. The SMILES string of the molecule is COCCNCc1c(C)nn(C)c1N(CCOC)C1CC1. The third-order valence-electron chi connectivity index (χ3n) is 3.89. The Labute approximate surface area is 127 Å². The number of nitrogens with zero attached hydrogens (tertiary/aromatic N) is 3. The molecule has 0 spiro atoms. The third-order valence-corrected chi connectivity index (χ3v) is 3.89. The number of hydrogen-bond acceptors (Lipinski definition) is 5. The second-order valence-electron chi connectivity index (χ2n) is 5.60. The monoisotopic (exact) mass is 296 g/mol. The first-order valence-corrected chi connectivity index (χ1v) is 7.66. The molecule has 1 aromatic heterocycles. The highest BCUT2D eigenvalue weighted by atomic mass is 16.5. The van der Waals surface area contributed by atoms with Crippen molar-refractivity contribution < 1.29 is 9.47 Å². The Bertz CT molecular complexity index is 443. The van der Waals surface area contributed by atoms with Crippen LogP contribution in [0.2, 0.25) is 0 Å². The largest absolute Gasteiger partial charge is 0.383 e. The molecule has 1 aliphatic carbocycles. The van der Waals surface area contributed by atoms with Gasteiger partial charge in [-0.15, -0.1) is 0 Å². The van der Waals surface area contributed by atoms with Gasteiger partial charge in [-0.05, 0) is 19.8 Å². The molecular weight excluding hydrogens is 268 g/mol. The maximum atomic E-state index is 5.27. The molecule has 0 atom stereocenters. The van der Waals surface area contributed by atoms with Gasteiger partial charge >= 0.3 is 0 Å². The van der Waals surface area contributed by atoms with Gasteiger partial charge in [-0.2, -0.15) is 5.10 Å². The molecule has 1 fully saturated rings. The van der Waals surface area contributed by atoms with Gasteiger partial charge in [0.1, 0.15) is 5.82 Å². The quantitative estimate of drug-likeness (QED) is 0.655. The van der Waals surface area contributed by atoms with Gasteiger partial charge in [0, 0.05) is 52.5 Å². The van der Waals surface area contributed by atoms with Crippen molar-refractivity contribution in [1.29, 1.82) is 0 Å². The number of aryl methyl sites for hydroxylation is 2. The van der Waals surface area contributed by atoms with Crippen LogP contribution in [0.3, 0.4) is 0 Å². The Hall–Kier alpha value is -1.11. The highest BCUT2D eigenvalue weighted by Gasteiger charge is 2.32. The number of anilines is 1. The zero-order chi connectivity index (χ0) is 15.2. The predicted molar refractivity (Wildman–Crippen MR) is 83.8 cm³/mol. The van der Waals surface area contributed by atoms with Gasteiger partial charge in [-0.3, -0.25) is 4.68 Å². The molecule has 1 aliphatic rings. The molecule has 6 nitrogen and oxygen atoms in total. The Morgan fingerprint density at radius 3 is 2.62 bits per heavy atom. The van der Waals surface area contributed by atoms with E-state index < -0.39 is 0 Å². The number of methoxy groups -OCH3 is 2. The summed E-state index contributed by atoms with van der Waals surface area (Å²) in [4.78, 5) is 2.46. The van der Waals surface area contributed by atoms with E-state index in [1.807, 2.05) is 11.7 Å². The van der Waals surface area contributed by atoms with E-state index >= 15 is 0 Å². The van der Waals surface area contributed by atoms with Crippen LogP contribution in [0, 0.1) is 6.92 Å². The van der Waals surface area contributed by atoms with Gasteiger partial charge in [0.05, 0.1) is 18.9 Å². The molecule has 0 aliphatic heterocycles. The van der Waals surface area contributed by atoms with Crippen LogP contribution in [0.25, 0.3) is 0 Å². The first kappa shape index (κ1) is 16.3. The van der Waals surface area contributed by atoms with Gasteiger partial charge in [-0.1, -0.05) is 0 Å². The third kappa shape index (κ3) is 4.18. The highest BCUT2D eigenvalue weighted by molar-refractivity contribution is 5.52. The van der Waals surface area contributed by atoms with Crippen LogP contribution in [0.5, 0.6) is 0 Å². The molecule has 0 bridgehead atoms. The average Bonchev–Trinajstić information content (AvgIpc) is 3.25. The summed E-state index contributed by atoms with van der Waals surface area (Å²) in [7, 11) is 5.51. The van der Waals surface area contributed by atoms with Gasteiger partial charge < -0.3 is 19.7 Å². The molecule has 6 heteroatoms. The van der Waals surface area contributed by atoms with Crippen LogP contribution < -0.4 is 10.2 Å². The molecule has 1 aromatic rings. The fourth-order valence-corrected chi connectivity index (χ4v) is 2.68. The number of rotatable bonds is 10. The van der Waals surface area contributed by atoms with Crippen molar-refractivity contribution in [3.05, 3.63) is 11.3 Å². The summed E-state index contributed by atoms with van der Waals surface area (Å²) in [6.07, 6.45) is 2.54. The minimum absolute atomic E-state index is 0.646. The zero-order valence-electron chi connectivity index (χ0n) is 13.7. The van der Waals surface area contributed by atoms with Crippen LogP contribution in [0.15, 0.2) is 0 Å². The molecule has 1 N–H and O–H groups in total. The van der Waals surface area contributed by atoms with E-state index in [0.717, 1.165) is 38.5 Å². The number of aromatic nitrogens is 2. The van der Waals surface area contributed by atoms with Crippen LogP contribution in [-0.2, 0) is 23.1 Å². The second-order valence-corrected chi connectivity index (χ2v) is 5.60. The van der Waals surface area contributed by atoms with E-state index in [2.05, 4.69) is 22.2 Å². The Morgan fingerprint density at radius 2 is 2.00 bits per heavy atom. The summed E-state index contributed by atoms with van der Waals surface area (Å²) < 4.78 is 12.4. The molecule has 0 unspecified atom stereocenters. The number of hydrogen-bond donors (Lipinski definition) is 1.